The van der Waals surface area contributed by atoms with E-state index in [9.17, 15) is 18.7 Å². The van der Waals surface area contributed by atoms with Crippen LogP contribution in [0.25, 0.3) is 10.9 Å². The lowest BCUT2D eigenvalue weighted by Gasteiger charge is -2.07. The second-order valence-electron chi connectivity index (χ2n) is 7.00. The maximum absolute atomic E-state index is 14.0. The highest BCUT2D eigenvalue weighted by Crippen LogP contribution is 2.22. The Morgan fingerprint density at radius 1 is 1.16 bits per heavy atom. The zero-order valence-corrected chi connectivity index (χ0v) is 16.6. The lowest BCUT2D eigenvalue weighted by Crippen LogP contribution is -2.17. The molecule has 158 valence electrons. The van der Waals surface area contributed by atoms with E-state index >= 15 is 0 Å². The van der Waals surface area contributed by atoms with Gasteiger partial charge < -0.3 is 9.67 Å². The molecule has 8 heteroatoms. The lowest BCUT2D eigenvalue weighted by atomic mass is 10.1. The number of aromatic nitrogens is 1. The number of nitriles is 1. The lowest BCUT2D eigenvalue weighted by molar-refractivity contribution is 0.0955. The second kappa shape index (κ2) is 8.70. The van der Waals surface area contributed by atoms with Gasteiger partial charge in [0.15, 0.2) is 0 Å². The van der Waals surface area contributed by atoms with E-state index in [0.717, 1.165) is 22.5 Å². The van der Waals surface area contributed by atoms with E-state index in [4.69, 9.17) is 5.26 Å². The van der Waals surface area contributed by atoms with Gasteiger partial charge in [0.05, 0.1) is 18.3 Å². The number of aromatic hydroxyl groups is 1. The Labute approximate surface area is 181 Å². The van der Waals surface area contributed by atoms with Crippen LogP contribution in [0.1, 0.15) is 27.0 Å². The normalized spacial score (nSPS) is 11.0. The number of hydrazone groups is 1. The molecule has 0 spiro atoms. The predicted octanol–water partition coefficient (Wildman–Crippen LogP) is 4.31. The number of carbonyl (C=O) groups excluding carboxylic acids is 1. The molecule has 0 radical (unpaired) electrons. The first-order chi connectivity index (χ1) is 15.5. The minimum absolute atomic E-state index is 0.00896. The smallest absolute Gasteiger partial charge is 0.271 e. The van der Waals surface area contributed by atoms with E-state index in [2.05, 4.69) is 10.5 Å². The van der Waals surface area contributed by atoms with Crippen LogP contribution in [0.4, 0.5) is 8.78 Å². The maximum Gasteiger partial charge on any atom is 0.271 e. The number of nitrogens with one attached hydrogen (secondary N) is 1. The van der Waals surface area contributed by atoms with Crippen LogP contribution in [0.3, 0.4) is 0 Å². The van der Waals surface area contributed by atoms with Crippen LogP contribution in [-0.2, 0) is 6.54 Å². The van der Waals surface area contributed by atoms with Gasteiger partial charge in [-0.15, -0.1) is 0 Å². The molecule has 2 N–H and O–H groups in total. The fourth-order valence-electron chi connectivity index (χ4n) is 3.32. The van der Waals surface area contributed by atoms with E-state index in [-0.39, 0.29) is 23.4 Å². The second-order valence-corrected chi connectivity index (χ2v) is 7.00. The quantitative estimate of drug-likeness (QED) is 0.365. The molecule has 0 saturated carbocycles. The number of benzene rings is 3. The summed E-state index contributed by atoms with van der Waals surface area (Å²) in [5, 5.41) is 23.3. The minimum Gasteiger partial charge on any atom is -0.507 e. The summed E-state index contributed by atoms with van der Waals surface area (Å²) in [4.78, 5) is 12.3. The predicted molar refractivity (Wildman–Crippen MR) is 115 cm³/mol. The Balaban J connectivity index is 1.53. The van der Waals surface area contributed by atoms with Crippen molar-refractivity contribution < 1.29 is 18.7 Å². The summed E-state index contributed by atoms with van der Waals surface area (Å²) in [6, 6.07) is 16.6. The van der Waals surface area contributed by atoms with Crippen molar-refractivity contribution in [2.75, 3.05) is 0 Å². The zero-order valence-electron chi connectivity index (χ0n) is 16.6. The van der Waals surface area contributed by atoms with Gasteiger partial charge in [-0.3, -0.25) is 4.79 Å². The Morgan fingerprint density at radius 3 is 2.78 bits per heavy atom. The van der Waals surface area contributed by atoms with Gasteiger partial charge in [-0.25, -0.2) is 14.2 Å². The first-order valence-corrected chi connectivity index (χ1v) is 9.54. The van der Waals surface area contributed by atoms with E-state index < -0.39 is 17.5 Å². The molecule has 1 heterocycles. The van der Waals surface area contributed by atoms with Gasteiger partial charge in [-0.2, -0.15) is 10.4 Å². The molecule has 0 aliphatic heterocycles. The fraction of sp³-hybridized carbons (Fsp3) is 0.0417. The Bertz CT molecular complexity index is 1400. The molecular formula is C24H16F2N4O2. The summed E-state index contributed by atoms with van der Waals surface area (Å²) < 4.78 is 29.0. The molecular weight excluding hydrogens is 414 g/mol. The molecule has 0 atom stereocenters. The number of phenols is 1. The number of phenolic OH excluding ortho intramolecular Hbond substituents is 1. The zero-order chi connectivity index (χ0) is 22.7. The van der Waals surface area contributed by atoms with Crippen LogP contribution in [0.15, 0.2) is 72.0 Å². The highest BCUT2D eigenvalue weighted by molar-refractivity contribution is 6.00. The molecule has 1 aromatic heterocycles. The Kier molecular flexibility index (Phi) is 5.64. The van der Waals surface area contributed by atoms with Crippen molar-refractivity contribution in [3.63, 3.8) is 0 Å². The Morgan fingerprint density at radius 2 is 2.00 bits per heavy atom. The fourth-order valence-corrected chi connectivity index (χ4v) is 3.32. The summed E-state index contributed by atoms with van der Waals surface area (Å²) in [7, 11) is 0. The van der Waals surface area contributed by atoms with E-state index in [1.54, 1.807) is 12.3 Å². The van der Waals surface area contributed by atoms with E-state index in [1.807, 2.05) is 28.8 Å². The molecule has 0 fully saturated rings. The van der Waals surface area contributed by atoms with Crippen LogP contribution in [0.5, 0.6) is 5.75 Å². The Hall–Kier alpha value is -4.51. The number of hydrogen-bond acceptors (Lipinski definition) is 4. The van der Waals surface area contributed by atoms with Gasteiger partial charge in [0.2, 0.25) is 0 Å². The van der Waals surface area contributed by atoms with Crippen molar-refractivity contribution in [1.82, 2.24) is 9.99 Å². The van der Waals surface area contributed by atoms with Crippen LogP contribution in [0, 0.1) is 23.0 Å². The van der Waals surface area contributed by atoms with Gasteiger partial charge in [-0.1, -0.05) is 18.2 Å². The van der Waals surface area contributed by atoms with Crippen molar-refractivity contribution >= 4 is 23.0 Å². The highest BCUT2D eigenvalue weighted by atomic mass is 19.1. The van der Waals surface area contributed by atoms with Crippen LogP contribution in [0.2, 0.25) is 0 Å². The molecule has 1 amide bonds. The van der Waals surface area contributed by atoms with Crippen molar-refractivity contribution in [3.05, 3.63) is 101 Å². The topological polar surface area (TPSA) is 90.4 Å². The summed E-state index contributed by atoms with van der Waals surface area (Å²) in [6.45, 7) is 0.231. The standard InChI is InChI=1S/C24H16F2N4O2/c25-19-6-4-17(21(26)11-19)14-30-9-8-20-16(2-1-3-22(20)30)13-28-29-24(32)15-5-7-23(31)18(10-15)12-27/h1-11,13,31H,14H2,(H,29,32)/b28-13+. The monoisotopic (exact) mass is 430 g/mol. The van der Waals surface area contributed by atoms with E-state index in [0.29, 0.717) is 5.56 Å². The molecule has 0 bridgehead atoms. The third-order valence-corrected chi connectivity index (χ3v) is 4.95. The number of rotatable bonds is 5. The van der Waals surface area contributed by atoms with Gasteiger partial charge >= 0.3 is 0 Å². The largest absolute Gasteiger partial charge is 0.507 e. The molecule has 0 unspecified atom stereocenters. The number of hydrogen-bond donors (Lipinski definition) is 2. The van der Waals surface area contributed by atoms with Crippen LogP contribution in [-0.4, -0.2) is 21.8 Å². The molecule has 32 heavy (non-hydrogen) atoms. The number of amides is 1. The minimum atomic E-state index is -0.625. The van der Waals surface area contributed by atoms with Gasteiger partial charge in [-0.05, 0) is 36.4 Å². The third kappa shape index (κ3) is 4.18. The molecule has 4 aromatic rings. The average Bonchev–Trinajstić information content (AvgIpc) is 3.19. The van der Waals surface area contributed by atoms with Crippen molar-refractivity contribution in [1.29, 1.82) is 5.26 Å². The number of halogens is 2. The molecule has 0 saturated heterocycles. The van der Waals surface area contributed by atoms with Crippen molar-refractivity contribution in [3.8, 4) is 11.8 Å². The summed E-state index contributed by atoms with van der Waals surface area (Å²) >= 11 is 0. The van der Waals surface area contributed by atoms with Gasteiger partial charge in [0.1, 0.15) is 23.5 Å². The number of fused-ring (bicyclic) bond motifs is 1. The molecule has 0 aliphatic carbocycles. The molecule has 3 aromatic carbocycles. The van der Waals surface area contributed by atoms with E-state index in [1.165, 1.54) is 36.5 Å². The summed E-state index contributed by atoms with van der Waals surface area (Å²) in [5.74, 6) is -1.97. The first-order valence-electron chi connectivity index (χ1n) is 9.54. The van der Waals surface area contributed by atoms with Crippen molar-refractivity contribution in [2.45, 2.75) is 6.54 Å². The average molecular weight is 430 g/mol. The first kappa shape index (κ1) is 20.8. The molecule has 0 aliphatic rings. The third-order valence-electron chi connectivity index (χ3n) is 4.95. The van der Waals surface area contributed by atoms with Gasteiger partial charge in [0, 0.05) is 39.9 Å². The summed E-state index contributed by atoms with van der Waals surface area (Å²) in [6.07, 6.45) is 3.28. The van der Waals surface area contributed by atoms with Crippen LogP contribution < -0.4 is 5.43 Å². The molecule has 4 rings (SSSR count). The number of nitrogens with zero attached hydrogens (tertiary/aromatic N) is 3. The molecule has 6 nitrogen and oxygen atoms in total. The SMILES string of the molecule is N#Cc1cc(C(=O)N/N=C/c2cccc3c2ccn3Cc2ccc(F)cc2F)ccc1O. The van der Waals surface area contributed by atoms with Gasteiger partial charge in [0.25, 0.3) is 5.91 Å². The maximum atomic E-state index is 14.0. The summed E-state index contributed by atoms with van der Waals surface area (Å²) in [5.41, 5.74) is 4.47. The number of carbonyl (C=O) groups is 1. The van der Waals surface area contributed by atoms with Crippen molar-refractivity contribution in [2.24, 2.45) is 5.10 Å². The van der Waals surface area contributed by atoms with Crippen LogP contribution >= 0.6 is 0 Å². The highest BCUT2D eigenvalue weighted by Gasteiger charge is 2.10.